The lowest BCUT2D eigenvalue weighted by atomic mass is 10.2. The van der Waals surface area contributed by atoms with Crippen LogP contribution in [0.4, 0.5) is 11.6 Å². The molecule has 1 aliphatic rings. The van der Waals surface area contributed by atoms with Crippen LogP contribution >= 0.6 is 0 Å². The van der Waals surface area contributed by atoms with Crippen molar-refractivity contribution in [3.8, 4) is 0 Å². The molecule has 0 bridgehead atoms. The van der Waals surface area contributed by atoms with Crippen LogP contribution in [0.5, 0.6) is 0 Å². The molecule has 4 rings (SSSR count). The summed E-state index contributed by atoms with van der Waals surface area (Å²) in [6.07, 6.45) is 3.84. The minimum Gasteiger partial charge on any atom is -0.379 e. The SMILES string of the molecule is CC(C)(OCCNNC(=O)c1ccc(NCc2cnc3nc(N)[nH]c(=O)c3n2)cc1)OCCNC(=O)CCN1C(=O)C=CC1=O. The number of aromatic amines is 1. The molecular weight excluding hydrogens is 588 g/mol. The minimum absolute atomic E-state index is 0.00161. The van der Waals surface area contributed by atoms with E-state index in [1.54, 1.807) is 38.1 Å². The first-order chi connectivity index (χ1) is 21.5. The average molecular weight is 623 g/mol. The number of hydrogen-bond acceptors (Lipinski definition) is 13. The molecule has 0 atom stereocenters. The van der Waals surface area contributed by atoms with Crippen LogP contribution in [-0.4, -0.2) is 87.1 Å². The van der Waals surface area contributed by atoms with Gasteiger partial charge in [0.2, 0.25) is 11.9 Å². The molecule has 0 aliphatic carbocycles. The van der Waals surface area contributed by atoms with E-state index >= 15 is 0 Å². The molecule has 7 N–H and O–H groups in total. The van der Waals surface area contributed by atoms with Crippen molar-refractivity contribution in [1.29, 1.82) is 0 Å². The van der Waals surface area contributed by atoms with Crippen molar-refractivity contribution in [3.63, 3.8) is 0 Å². The Balaban J connectivity index is 1.08. The summed E-state index contributed by atoms with van der Waals surface area (Å²) >= 11 is 0. The van der Waals surface area contributed by atoms with Crippen LogP contribution < -0.4 is 32.8 Å². The van der Waals surface area contributed by atoms with Gasteiger partial charge in [-0.25, -0.2) is 15.4 Å². The number of rotatable bonds is 16. The number of imide groups is 1. The number of nitrogens with one attached hydrogen (secondary N) is 5. The summed E-state index contributed by atoms with van der Waals surface area (Å²) in [4.78, 5) is 75.2. The summed E-state index contributed by atoms with van der Waals surface area (Å²) in [5.74, 6) is -2.48. The molecule has 0 unspecified atom stereocenters. The van der Waals surface area contributed by atoms with E-state index in [9.17, 15) is 24.0 Å². The molecule has 3 aromatic rings. The first kappa shape index (κ1) is 32.6. The first-order valence-electron chi connectivity index (χ1n) is 14.0. The second-order valence-electron chi connectivity index (χ2n) is 10.2. The molecule has 17 heteroatoms. The van der Waals surface area contributed by atoms with E-state index in [0.29, 0.717) is 17.8 Å². The second-order valence-corrected chi connectivity index (χ2v) is 10.2. The number of amides is 4. The van der Waals surface area contributed by atoms with Gasteiger partial charge in [0, 0.05) is 49.5 Å². The summed E-state index contributed by atoms with van der Waals surface area (Å²) in [6, 6.07) is 6.77. The van der Waals surface area contributed by atoms with Gasteiger partial charge >= 0.3 is 0 Å². The van der Waals surface area contributed by atoms with Crippen molar-refractivity contribution < 1.29 is 28.7 Å². The molecule has 4 amide bonds. The molecule has 17 nitrogen and oxygen atoms in total. The number of nitrogens with zero attached hydrogens (tertiary/aromatic N) is 4. The Morgan fingerprint density at radius 3 is 2.40 bits per heavy atom. The maximum absolute atomic E-state index is 12.5. The fraction of sp³-hybridized carbons (Fsp3) is 0.357. The van der Waals surface area contributed by atoms with Crippen LogP contribution in [0.15, 0.2) is 47.4 Å². The summed E-state index contributed by atoms with van der Waals surface area (Å²) in [6.45, 7) is 4.68. The van der Waals surface area contributed by atoms with Crippen molar-refractivity contribution in [2.24, 2.45) is 0 Å². The number of anilines is 2. The van der Waals surface area contributed by atoms with E-state index < -0.39 is 23.2 Å². The lowest BCUT2D eigenvalue weighted by Crippen LogP contribution is -2.41. The Labute approximate surface area is 256 Å². The van der Waals surface area contributed by atoms with Crippen LogP contribution in [0, 0.1) is 0 Å². The van der Waals surface area contributed by atoms with Gasteiger partial charge in [-0.3, -0.25) is 39.3 Å². The molecular formula is C28H34N10O7. The normalized spacial score (nSPS) is 13.0. The van der Waals surface area contributed by atoms with Gasteiger partial charge in [0.25, 0.3) is 23.3 Å². The summed E-state index contributed by atoms with van der Waals surface area (Å²) in [5.41, 5.74) is 12.4. The van der Waals surface area contributed by atoms with E-state index in [0.717, 1.165) is 10.6 Å². The van der Waals surface area contributed by atoms with Gasteiger partial charge in [-0.15, -0.1) is 0 Å². The number of hydrogen-bond donors (Lipinski definition) is 6. The van der Waals surface area contributed by atoms with E-state index in [4.69, 9.17) is 15.2 Å². The highest BCUT2D eigenvalue weighted by Gasteiger charge is 2.23. The maximum Gasteiger partial charge on any atom is 0.280 e. The third-order valence-corrected chi connectivity index (χ3v) is 6.32. The van der Waals surface area contributed by atoms with Gasteiger partial charge in [0.15, 0.2) is 17.0 Å². The molecule has 2 aromatic heterocycles. The fourth-order valence-electron chi connectivity index (χ4n) is 4.03. The van der Waals surface area contributed by atoms with Crippen molar-refractivity contribution in [1.82, 2.24) is 41.0 Å². The maximum atomic E-state index is 12.5. The van der Waals surface area contributed by atoms with Gasteiger partial charge in [-0.05, 0) is 38.1 Å². The van der Waals surface area contributed by atoms with Crippen molar-refractivity contribution >= 4 is 46.4 Å². The highest BCUT2D eigenvalue weighted by molar-refractivity contribution is 6.13. The third-order valence-electron chi connectivity index (χ3n) is 6.32. The quantitative estimate of drug-likeness (QED) is 0.0504. The Bertz CT molecular complexity index is 1620. The topological polar surface area (TPSA) is 236 Å². The number of carbonyl (C=O) groups is 4. The molecule has 0 radical (unpaired) electrons. The largest absolute Gasteiger partial charge is 0.379 e. The van der Waals surface area contributed by atoms with Crippen molar-refractivity contribution in [3.05, 3.63) is 64.2 Å². The predicted molar refractivity (Wildman–Crippen MR) is 161 cm³/mol. The number of fused-ring (bicyclic) bond motifs is 1. The van der Waals surface area contributed by atoms with Crippen LogP contribution in [0.25, 0.3) is 11.2 Å². The number of nitrogen functional groups attached to an aromatic ring is 1. The molecule has 0 spiro atoms. The van der Waals surface area contributed by atoms with E-state index in [2.05, 4.69) is 41.4 Å². The number of carbonyl (C=O) groups excluding carboxylic acids is 4. The zero-order valence-electron chi connectivity index (χ0n) is 24.7. The second kappa shape index (κ2) is 15.0. The number of ether oxygens (including phenoxy) is 2. The average Bonchev–Trinajstić information content (AvgIpc) is 3.33. The monoisotopic (exact) mass is 622 g/mol. The zero-order chi connectivity index (χ0) is 32.4. The lowest BCUT2D eigenvalue weighted by Gasteiger charge is -2.26. The highest BCUT2D eigenvalue weighted by atomic mass is 16.7. The third kappa shape index (κ3) is 9.62. The van der Waals surface area contributed by atoms with E-state index in [1.165, 1.54) is 18.3 Å². The van der Waals surface area contributed by atoms with Gasteiger partial charge in [-0.2, -0.15) is 4.98 Å². The molecule has 1 aromatic carbocycles. The number of H-pyrrole nitrogens is 1. The van der Waals surface area contributed by atoms with Gasteiger partial charge in [-0.1, -0.05) is 0 Å². The Morgan fingerprint density at radius 1 is 1.00 bits per heavy atom. The van der Waals surface area contributed by atoms with Gasteiger partial charge in [0.05, 0.1) is 31.6 Å². The number of aromatic nitrogens is 4. The summed E-state index contributed by atoms with van der Waals surface area (Å²) < 4.78 is 11.4. The molecule has 238 valence electrons. The van der Waals surface area contributed by atoms with E-state index in [-0.39, 0.29) is 68.2 Å². The minimum atomic E-state index is -0.946. The van der Waals surface area contributed by atoms with Gasteiger partial charge in [0.1, 0.15) is 0 Å². The van der Waals surface area contributed by atoms with Crippen molar-refractivity contribution in [2.75, 3.05) is 43.9 Å². The fourth-order valence-corrected chi connectivity index (χ4v) is 4.03. The lowest BCUT2D eigenvalue weighted by molar-refractivity contribution is -0.211. The summed E-state index contributed by atoms with van der Waals surface area (Å²) in [5, 5.41) is 5.82. The Kier molecular flexibility index (Phi) is 10.9. The number of nitrogens with two attached hydrogens (primary N) is 1. The van der Waals surface area contributed by atoms with Crippen molar-refractivity contribution in [2.45, 2.75) is 32.6 Å². The summed E-state index contributed by atoms with van der Waals surface area (Å²) in [7, 11) is 0. The molecule has 45 heavy (non-hydrogen) atoms. The van der Waals surface area contributed by atoms with Crippen LogP contribution in [0.1, 0.15) is 36.3 Å². The van der Waals surface area contributed by atoms with E-state index in [1.807, 2.05) is 0 Å². The Morgan fingerprint density at radius 2 is 1.69 bits per heavy atom. The molecule has 0 saturated carbocycles. The highest BCUT2D eigenvalue weighted by Crippen LogP contribution is 2.12. The van der Waals surface area contributed by atoms with Crippen LogP contribution in [0.2, 0.25) is 0 Å². The van der Waals surface area contributed by atoms with Crippen LogP contribution in [0.3, 0.4) is 0 Å². The zero-order valence-corrected chi connectivity index (χ0v) is 24.7. The molecule has 0 fully saturated rings. The molecule has 3 heterocycles. The van der Waals surface area contributed by atoms with Crippen LogP contribution in [-0.2, 0) is 30.4 Å². The Hall–Kier alpha value is -5.26. The molecule has 1 aliphatic heterocycles. The standard InChI is InChI=1S/C28H34N10O7/c1-28(2,44-13-10-30-20(39)9-12-38-21(40)7-8-22(38)41)45-14-11-33-37-25(42)17-3-5-18(6-4-17)31-15-19-16-32-24-23(34-19)26(43)36-27(29)35-24/h3-8,16,31,33H,9-15H2,1-2H3,(H,30,39)(H,37,42)(H3,29,32,35,36,43). The number of hydrazine groups is 1. The first-order valence-corrected chi connectivity index (χ1v) is 14.0. The number of benzene rings is 1. The predicted octanol–water partition coefficient (Wildman–Crippen LogP) is -0.658. The van der Waals surface area contributed by atoms with Gasteiger partial charge < -0.3 is 25.8 Å². The smallest absolute Gasteiger partial charge is 0.280 e. The molecule has 0 saturated heterocycles.